The second-order valence-corrected chi connectivity index (χ2v) is 4.85. The highest BCUT2D eigenvalue weighted by Gasteiger charge is 2.12. The largest absolute Gasteiger partial charge is 0.352 e. The number of nitro groups is 1. The molecule has 0 unspecified atom stereocenters. The summed E-state index contributed by atoms with van der Waals surface area (Å²) in [5.41, 5.74) is 1.16. The Morgan fingerprint density at radius 3 is 2.79 bits per heavy atom. The Labute approximate surface area is 135 Å². The second kappa shape index (κ2) is 6.18. The number of hydrogen-bond donors (Lipinski definition) is 1. The molecule has 0 spiro atoms. The van der Waals surface area contributed by atoms with Crippen LogP contribution in [0.4, 0.5) is 21.5 Å². The van der Waals surface area contributed by atoms with E-state index in [1.165, 1.54) is 35.1 Å². The van der Waals surface area contributed by atoms with Gasteiger partial charge in [-0.1, -0.05) is 12.1 Å². The molecule has 0 aliphatic heterocycles. The van der Waals surface area contributed by atoms with Crippen molar-refractivity contribution in [3.8, 4) is 11.8 Å². The fraction of sp³-hybridized carbons (Fsp3) is 0. The molecule has 0 radical (unpaired) electrons. The molecule has 0 aliphatic rings. The van der Waals surface area contributed by atoms with Crippen LogP contribution in [0, 0.1) is 27.3 Å². The number of nitro benzene ring substituents is 1. The van der Waals surface area contributed by atoms with Gasteiger partial charge in [0.2, 0.25) is 0 Å². The number of anilines is 2. The Morgan fingerprint density at radius 1 is 1.29 bits per heavy atom. The van der Waals surface area contributed by atoms with Crippen LogP contribution in [-0.2, 0) is 0 Å². The summed E-state index contributed by atoms with van der Waals surface area (Å²) in [5.74, 6) is -0.416. The van der Waals surface area contributed by atoms with Gasteiger partial charge in [0.15, 0.2) is 0 Å². The van der Waals surface area contributed by atoms with Crippen LogP contribution in [0.25, 0.3) is 5.69 Å². The maximum absolute atomic E-state index is 13.8. The van der Waals surface area contributed by atoms with E-state index in [2.05, 4.69) is 10.4 Å². The molecule has 7 nitrogen and oxygen atoms in total. The number of rotatable bonds is 4. The highest BCUT2D eigenvalue weighted by atomic mass is 19.1. The number of benzene rings is 2. The van der Waals surface area contributed by atoms with Crippen molar-refractivity contribution in [2.24, 2.45) is 0 Å². The van der Waals surface area contributed by atoms with Crippen LogP contribution in [0.1, 0.15) is 5.56 Å². The minimum Gasteiger partial charge on any atom is -0.352 e. The monoisotopic (exact) mass is 323 g/mol. The Balaban J connectivity index is 1.89. The summed E-state index contributed by atoms with van der Waals surface area (Å²) in [5, 5.41) is 26.9. The van der Waals surface area contributed by atoms with E-state index in [4.69, 9.17) is 5.26 Å². The van der Waals surface area contributed by atoms with E-state index in [-0.39, 0.29) is 16.9 Å². The Bertz CT molecular complexity index is 961. The third-order valence-corrected chi connectivity index (χ3v) is 3.30. The minimum absolute atomic E-state index is 0.128. The van der Waals surface area contributed by atoms with Crippen LogP contribution in [0.5, 0.6) is 0 Å². The second-order valence-electron chi connectivity index (χ2n) is 4.85. The van der Waals surface area contributed by atoms with Crippen LogP contribution >= 0.6 is 0 Å². The van der Waals surface area contributed by atoms with Crippen molar-refractivity contribution >= 4 is 17.1 Å². The lowest BCUT2D eigenvalue weighted by molar-refractivity contribution is -0.384. The molecule has 0 bridgehead atoms. The van der Waals surface area contributed by atoms with Crippen molar-refractivity contribution in [1.82, 2.24) is 9.78 Å². The maximum atomic E-state index is 13.8. The average molecular weight is 323 g/mol. The third kappa shape index (κ3) is 2.91. The quantitative estimate of drug-likeness (QED) is 0.585. The van der Waals surface area contributed by atoms with Crippen LogP contribution in [0.15, 0.2) is 54.9 Å². The molecule has 118 valence electrons. The van der Waals surface area contributed by atoms with E-state index < -0.39 is 10.7 Å². The lowest BCUT2D eigenvalue weighted by Crippen LogP contribution is -1.97. The maximum Gasteiger partial charge on any atom is 0.270 e. The molecule has 1 heterocycles. The molecule has 1 N–H and O–H groups in total. The normalized spacial score (nSPS) is 10.2. The van der Waals surface area contributed by atoms with Gasteiger partial charge in [-0.05, 0) is 18.2 Å². The summed E-state index contributed by atoms with van der Waals surface area (Å²) in [6.07, 6.45) is 3.02. The van der Waals surface area contributed by atoms with Crippen molar-refractivity contribution in [3.63, 3.8) is 0 Å². The predicted octanol–water partition coefficient (Wildman–Crippen LogP) is 3.53. The molecule has 1 aromatic heterocycles. The van der Waals surface area contributed by atoms with Gasteiger partial charge in [-0.15, -0.1) is 0 Å². The van der Waals surface area contributed by atoms with E-state index in [1.54, 1.807) is 24.4 Å². The van der Waals surface area contributed by atoms with Gasteiger partial charge in [0.1, 0.15) is 17.6 Å². The van der Waals surface area contributed by atoms with E-state index >= 15 is 0 Å². The molecule has 0 aliphatic carbocycles. The number of para-hydroxylation sites is 1. The third-order valence-electron chi connectivity index (χ3n) is 3.30. The van der Waals surface area contributed by atoms with Crippen LogP contribution in [0.2, 0.25) is 0 Å². The molecular formula is C16H10FN5O2. The molecule has 0 fully saturated rings. The first-order valence-corrected chi connectivity index (χ1v) is 6.83. The van der Waals surface area contributed by atoms with E-state index in [0.717, 1.165) is 0 Å². The van der Waals surface area contributed by atoms with Gasteiger partial charge < -0.3 is 5.32 Å². The fourth-order valence-electron chi connectivity index (χ4n) is 2.16. The van der Waals surface area contributed by atoms with Crippen molar-refractivity contribution < 1.29 is 9.31 Å². The van der Waals surface area contributed by atoms with Gasteiger partial charge in [-0.3, -0.25) is 10.1 Å². The lowest BCUT2D eigenvalue weighted by atomic mass is 10.1. The number of hydrogen-bond acceptors (Lipinski definition) is 5. The molecule has 0 amide bonds. The first-order chi connectivity index (χ1) is 11.6. The SMILES string of the molecule is N#Cc1cc([N+](=O)[O-])ccc1Nc1cnn(-c2ccccc2F)c1. The molecule has 0 atom stereocenters. The van der Waals surface area contributed by atoms with E-state index in [9.17, 15) is 14.5 Å². The van der Waals surface area contributed by atoms with Crippen molar-refractivity contribution in [3.05, 3.63) is 76.4 Å². The predicted molar refractivity (Wildman–Crippen MR) is 84.6 cm³/mol. The highest BCUT2D eigenvalue weighted by Crippen LogP contribution is 2.25. The zero-order valence-electron chi connectivity index (χ0n) is 12.2. The number of aromatic nitrogens is 2. The van der Waals surface area contributed by atoms with E-state index in [1.807, 2.05) is 6.07 Å². The summed E-state index contributed by atoms with van der Waals surface area (Å²) >= 11 is 0. The Hall–Kier alpha value is -3.73. The first kappa shape index (κ1) is 15.2. The molecule has 0 saturated carbocycles. The summed E-state index contributed by atoms with van der Waals surface area (Å²) < 4.78 is 15.1. The number of halogens is 1. The standard InChI is InChI=1S/C16H10FN5O2/c17-14-3-1-2-4-16(14)21-10-12(9-19-21)20-15-6-5-13(22(23)24)7-11(15)8-18/h1-7,9-10,20H. The van der Waals surface area contributed by atoms with Crippen LogP contribution in [-0.4, -0.2) is 14.7 Å². The van der Waals surface area contributed by atoms with Gasteiger partial charge in [0.25, 0.3) is 5.69 Å². The van der Waals surface area contributed by atoms with Gasteiger partial charge in [-0.2, -0.15) is 10.4 Å². The Morgan fingerprint density at radius 2 is 2.08 bits per heavy atom. The smallest absolute Gasteiger partial charge is 0.270 e. The fourth-order valence-corrected chi connectivity index (χ4v) is 2.16. The molecule has 0 saturated heterocycles. The molecule has 3 rings (SSSR count). The van der Waals surface area contributed by atoms with E-state index in [0.29, 0.717) is 11.4 Å². The molecule has 8 heteroatoms. The number of non-ortho nitro benzene ring substituents is 1. The van der Waals surface area contributed by atoms with Gasteiger partial charge >= 0.3 is 0 Å². The van der Waals surface area contributed by atoms with Gasteiger partial charge in [-0.25, -0.2) is 9.07 Å². The summed E-state index contributed by atoms with van der Waals surface area (Å²) in [4.78, 5) is 10.2. The number of nitrogens with one attached hydrogen (secondary N) is 1. The zero-order valence-corrected chi connectivity index (χ0v) is 12.2. The summed E-state index contributed by atoms with van der Waals surface area (Å²) in [7, 11) is 0. The average Bonchev–Trinajstić information content (AvgIpc) is 3.03. The molecular weight excluding hydrogens is 313 g/mol. The summed E-state index contributed by atoms with van der Waals surface area (Å²) in [6.45, 7) is 0. The van der Waals surface area contributed by atoms with Crippen LogP contribution in [0.3, 0.4) is 0 Å². The van der Waals surface area contributed by atoms with Crippen LogP contribution < -0.4 is 5.32 Å². The van der Waals surface area contributed by atoms with Crippen molar-refractivity contribution in [2.45, 2.75) is 0 Å². The minimum atomic E-state index is -0.569. The number of nitrogens with zero attached hydrogens (tertiary/aromatic N) is 4. The molecule has 2 aromatic carbocycles. The van der Waals surface area contributed by atoms with Gasteiger partial charge in [0, 0.05) is 12.1 Å². The molecule has 3 aromatic rings. The topological polar surface area (TPSA) is 96.8 Å². The van der Waals surface area contributed by atoms with Gasteiger partial charge in [0.05, 0.1) is 34.3 Å². The van der Waals surface area contributed by atoms with Crippen molar-refractivity contribution in [2.75, 3.05) is 5.32 Å². The highest BCUT2D eigenvalue weighted by molar-refractivity contribution is 5.68. The summed E-state index contributed by atoms with van der Waals surface area (Å²) in [6, 6.07) is 12.0. The molecule has 24 heavy (non-hydrogen) atoms. The van der Waals surface area contributed by atoms with Crippen molar-refractivity contribution in [1.29, 1.82) is 5.26 Å². The Kier molecular flexibility index (Phi) is 3.91. The lowest BCUT2D eigenvalue weighted by Gasteiger charge is -2.05. The number of nitriles is 1. The first-order valence-electron chi connectivity index (χ1n) is 6.83. The zero-order chi connectivity index (χ0) is 17.1.